The SMILES string of the molecule is CCCCCn1c[n+](-c2ccccc2)cn1.O=S(=O)([N-]S(=O)(=O)C(F)(F)F)C(F)(F)F. The Morgan fingerprint density at radius 3 is 1.90 bits per heavy atom. The molecule has 0 bridgehead atoms. The quantitative estimate of drug-likeness (QED) is 0.332. The fraction of sp³-hybridized carbons (Fsp3) is 0.467. The highest BCUT2D eigenvalue weighted by Gasteiger charge is 2.46. The van der Waals surface area contributed by atoms with Crippen LogP contribution in [0.2, 0.25) is 0 Å². The van der Waals surface area contributed by atoms with E-state index in [0.29, 0.717) is 0 Å². The number of sulfonamides is 2. The summed E-state index contributed by atoms with van der Waals surface area (Å²) in [5.41, 5.74) is -11.2. The first kappa shape index (κ1) is 26.8. The van der Waals surface area contributed by atoms with Gasteiger partial charge in [-0.1, -0.05) is 38.0 Å². The van der Waals surface area contributed by atoms with E-state index in [1.807, 2.05) is 40.1 Å². The Hall–Kier alpha value is -2.20. The number of hydrogen-bond acceptors (Lipinski definition) is 5. The molecule has 0 amide bonds. The molecule has 0 aliphatic carbocycles. The van der Waals surface area contributed by atoms with Gasteiger partial charge in [0.1, 0.15) is 12.2 Å². The second-order valence-electron chi connectivity index (χ2n) is 5.88. The third-order valence-corrected chi connectivity index (χ3v) is 6.15. The molecule has 176 valence electrons. The summed E-state index contributed by atoms with van der Waals surface area (Å²) in [6.07, 6.45) is 7.63. The molecule has 8 nitrogen and oxygen atoms in total. The van der Waals surface area contributed by atoms with Crippen molar-refractivity contribution in [1.29, 1.82) is 0 Å². The molecule has 16 heteroatoms. The Kier molecular flexibility index (Phi) is 9.01. The second-order valence-corrected chi connectivity index (χ2v) is 9.30. The lowest BCUT2D eigenvalue weighted by molar-refractivity contribution is -0.596. The van der Waals surface area contributed by atoms with Crippen LogP contribution in [0.1, 0.15) is 26.2 Å². The van der Waals surface area contributed by atoms with Crippen LogP contribution in [-0.4, -0.2) is 37.6 Å². The van der Waals surface area contributed by atoms with Gasteiger partial charge in [0.25, 0.3) is 6.33 Å². The monoisotopic (exact) mass is 496 g/mol. The maximum Gasteiger partial charge on any atom is 0.480 e. The number of alkyl halides is 6. The van der Waals surface area contributed by atoms with E-state index in [-0.39, 0.29) is 0 Å². The minimum Gasteiger partial charge on any atom is -0.421 e. The molecule has 2 rings (SSSR count). The Balaban J connectivity index is 0.000000311. The van der Waals surface area contributed by atoms with Gasteiger partial charge in [-0.15, -0.1) is 4.68 Å². The van der Waals surface area contributed by atoms with E-state index < -0.39 is 31.1 Å². The van der Waals surface area contributed by atoms with Crippen LogP contribution >= 0.6 is 0 Å². The van der Waals surface area contributed by atoms with Crippen LogP contribution < -0.4 is 4.57 Å². The molecule has 0 saturated carbocycles. The van der Waals surface area contributed by atoms with Crippen LogP contribution in [0.4, 0.5) is 26.3 Å². The van der Waals surface area contributed by atoms with Gasteiger partial charge >= 0.3 is 11.0 Å². The van der Waals surface area contributed by atoms with Crippen molar-refractivity contribution in [1.82, 2.24) is 9.78 Å². The minimum absolute atomic E-state index is 0.778. The zero-order chi connectivity index (χ0) is 23.9. The van der Waals surface area contributed by atoms with E-state index in [0.717, 1.165) is 16.4 Å². The lowest BCUT2D eigenvalue weighted by Crippen LogP contribution is -2.30. The number of para-hydroxylation sites is 1. The average molecular weight is 496 g/mol. The Morgan fingerprint density at radius 1 is 0.935 bits per heavy atom. The summed E-state index contributed by atoms with van der Waals surface area (Å²) >= 11 is 0. The molecule has 0 radical (unpaired) electrons. The zero-order valence-corrected chi connectivity index (χ0v) is 17.5. The lowest BCUT2D eigenvalue weighted by Gasteiger charge is -2.22. The normalized spacial score (nSPS) is 12.9. The minimum atomic E-state index is -6.72. The highest BCUT2D eigenvalue weighted by Crippen LogP contribution is 2.36. The first-order chi connectivity index (χ1) is 14.1. The second kappa shape index (κ2) is 10.4. The van der Waals surface area contributed by atoms with Crippen molar-refractivity contribution in [2.75, 3.05) is 0 Å². The molecule has 0 N–H and O–H groups in total. The molecule has 0 unspecified atom stereocenters. The van der Waals surface area contributed by atoms with Crippen LogP contribution in [0, 0.1) is 0 Å². The van der Waals surface area contributed by atoms with Gasteiger partial charge in [0, 0.05) is 5.10 Å². The van der Waals surface area contributed by atoms with Crippen LogP contribution in [0.15, 0.2) is 43.0 Å². The van der Waals surface area contributed by atoms with E-state index in [4.69, 9.17) is 0 Å². The highest BCUT2D eigenvalue weighted by molar-refractivity contribution is 8.13. The molecule has 0 saturated heterocycles. The van der Waals surface area contributed by atoms with Gasteiger partial charge in [-0.2, -0.15) is 26.3 Å². The maximum absolute atomic E-state index is 11.4. The molecule has 0 spiro atoms. The van der Waals surface area contributed by atoms with E-state index >= 15 is 0 Å². The largest absolute Gasteiger partial charge is 0.480 e. The standard InChI is InChI=1S/C13H18N3.C2F6NO4S2/c1-2-3-7-10-16-12-15(11-14-16)13-8-5-4-6-9-13;3-1(4,5)14(10,11)9-15(12,13)2(6,7)8/h4-6,8-9,11-12H,2-3,7,10H2,1H3;/q+1;-1. The number of aryl methyl sites for hydroxylation is 1. The van der Waals surface area contributed by atoms with Crippen LogP contribution in [0.25, 0.3) is 9.81 Å². The number of halogens is 6. The van der Waals surface area contributed by atoms with Gasteiger partial charge in [0.2, 0.25) is 6.33 Å². The van der Waals surface area contributed by atoms with Crippen molar-refractivity contribution in [2.24, 2.45) is 0 Å². The fourth-order valence-corrected chi connectivity index (χ4v) is 3.62. The summed E-state index contributed by atoms with van der Waals surface area (Å²) in [7, 11) is -13.4. The van der Waals surface area contributed by atoms with Crippen LogP contribution in [0.3, 0.4) is 0 Å². The molecular weight excluding hydrogens is 478 g/mol. The molecule has 1 aromatic carbocycles. The number of benzene rings is 1. The van der Waals surface area contributed by atoms with Crippen molar-refractivity contribution in [2.45, 2.75) is 43.7 Å². The van der Waals surface area contributed by atoms with Crippen molar-refractivity contribution in [3.63, 3.8) is 0 Å². The topological polar surface area (TPSA) is 104 Å². The predicted octanol–water partition coefficient (Wildman–Crippen LogP) is 3.41. The summed E-state index contributed by atoms with van der Waals surface area (Å²) in [6, 6.07) is 10.3. The zero-order valence-electron chi connectivity index (χ0n) is 15.9. The van der Waals surface area contributed by atoms with Crippen LogP contribution in [-0.2, 0) is 26.6 Å². The lowest BCUT2D eigenvalue weighted by atomic mass is 10.2. The fourth-order valence-electron chi connectivity index (χ4n) is 1.91. The molecule has 0 atom stereocenters. The molecule has 0 aliphatic heterocycles. The van der Waals surface area contributed by atoms with E-state index in [2.05, 4.69) is 24.2 Å². The molecule has 0 fully saturated rings. The predicted molar refractivity (Wildman–Crippen MR) is 96.6 cm³/mol. The van der Waals surface area contributed by atoms with Gasteiger partial charge in [0.05, 0.1) is 0 Å². The molecular formula is C15H18F6N4O4S2. The van der Waals surface area contributed by atoms with E-state index in [1.54, 1.807) is 0 Å². The van der Waals surface area contributed by atoms with Crippen molar-refractivity contribution >= 4 is 20.0 Å². The maximum atomic E-state index is 11.4. The first-order valence-corrected chi connectivity index (χ1v) is 11.3. The number of unbranched alkanes of at least 4 members (excludes halogenated alkanes) is 2. The number of rotatable bonds is 7. The summed E-state index contributed by atoms with van der Waals surface area (Å²) in [5, 5.41) is 4.34. The molecule has 31 heavy (non-hydrogen) atoms. The van der Waals surface area contributed by atoms with Gasteiger partial charge in [-0.25, -0.2) is 21.4 Å². The molecule has 0 aliphatic rings. The highest BCUT2D eigenvalue weighted by atomic mass is 32.3. The summed E-state index contributed by atoms with van der Waals surface area (Å²) in [5.74, 6) is 0. The van der Waals surface area contributed by atoms with E-state index in [1.165, 1.54) is 19.3 Å². The Morgan fingerprint density at radius 2 is 1.45 bits per heavy atom. The summed E-state index contributed by atoms with van der Waals surface area (Å²) in [6.45, 7) is 3.22. The van der Waals surface area contributed by atoms with Crippen molar-refractivity contribution in [3.05, 3.63) is 47.1 Å². The summed E-state index contributed by atoms with van der Waals surface area (Å²) in [4.78, 5) is 0. The molecule has 1 heterocycles. The van der Waals surface area contributed by atoms with E-state index in [9.17, 15) is 43.2 Å². The Bertz CT molecular complexity index is 993. The Labute approximate surface area is 174 Å². The third kappa shape index (κ3) is 8.10. The van der Waals surface area contributed by atoms with Crippen molar-refractivity contribution in [3.8, 4) is 5.69 Å². The van der Waals surface area contributed by atoms with Gasteiger partial charge in [0.15, 0.2) is 20.0 Å². The van der Waals surface area contributed by atoms with Gasteiger partial charge < -0.3 is 4.13 Å². The van der Waals surface area contributed by atoms with Crippen LogP contribution in [0.5, 0.6) is 0 Å². The molecule has 2 aromatic rings. The number of aromatic nitrogens is 3. The van der Waals surface area contributed by atoms with Gasteiger partial charge in [-0.3, -0.25) is 0 Å². The molecule has 1 aromatic heterocycles. The van der Waals surface area contributed by atoms with Gasteiger partial charge in [-0.05, 0) is 18.6 Å². The third-order valence-electron chi connectivity index (χ3n) is 3.41. The summed E-state index contributed by atoms with van der Waals surface area (Å²) < 4.78 is 113. The van der Waals surface area contributed by atoms with Crippen molar-refractivity contribution < 1.29 is 47.7 Å². The average Bonchev–Trinajstić information content (AvgIpc) is 3.09. The number of nitrogens with zero attached hydrogens (tertiary/aromatic N) is 4. The first-order valence-electron chi connectivity index (χ1n) is 8.46. The number of hydrogen-bond donors (Lipinski definition) is 0. The smallest absolute Gasteiger partial charge is 0.421 e.